The first kappa shape index (κ1) is 19.3. The highest BCUT2D eigenvalue weighted by molar-refractivity contribution is 7.71. The summed E-state index contributed by atoms with van der Waals surface area (Å²) in [6.07, 6.45) is 3.40. The molecule has 3 rings (SSSR count). The Morgan fingerprint density at radius 1 is 1.11 bits per heavy atom. The molecule has 1 aromatic heterocycles. The number of hydrogen-bond donors (Lipinski definition) is 1. The van der Waals surface area contributed by atoms with E-state index in [9.17, 15) is 0 Å². The van der Waals surface area contributed by atoms with Gasteiger partial charge in [0.2, 0.25) is 4.77 Å². The second-order valence-corrected chi connectivity index (χ2v) is 8.00. The standard InChI is InChI=1S/C21H21ClN4S/c1-21(2,3)17-11-9-16(10-12-17)19-24-25-20(27)26(19)23-14-18(22)13-15-7-5-4-6-8-15/h4-14H,1-3H3,(H,25,27)/b18-13-,23-14+. The van der Waals surface area contributed by atoms with Crippen LogP contribution < -0.4 is 0 Å². The minimum absolute atomic E-state index is 0.0944. The Labute approximate surface area is 169 Å². The van der Waals surface area contributed by atoms with Gasteiger partial charge in [0.05, 0.1) is 11.2 Å². The van der Waals surface area contributed by atoms with E-state index in [4.69, 9.17) is 23.8 Å². The predicted octanol–water partition coefficient (Wildman–Crippen LogP) is 6.02. The van der Waals surface area contributed by atoms with Gasteiger partial charge in [-0.05, 0) is 34.8 Å². The average molecular weight is 397 g/mol. The van der Waals surface area contributed by atoms with Gasteiger partial charge in [-0.2, -0.15) is 14.9 Å². The molecule has 0 amide bonds. The fourth-order valence-electron chi connectivity index (χ4n) is 2.56. The SMILES string of the molecule is CC(C)(C)c1ccc(-c2n[nH]c(=S)n2/N=C/C(Cl)=C/c2ccccc2)cc1. The van der Waals surface area contributed by atoms with Crippen molar-refractivity contribution in [3.8, 4) is 11.4 Å². The molecule has 0 fully saturated rings. The number of nitrogens with zero attached hydrogens (tertiary/aromatic N) is 3. The highest BCUT2D eigenvalue weighted by Gasteiger charge is 2.14. The van der Waals surface area contributed by atoms with Crippen LogP contribution in [0.2, 0.25) is 0 Å². The first-order chi connectivity index (χ1) is 12.8. The molecular weight excluding hydrogens is 376 g/mol. The molecule has 6 heteroatoms. The van der Waals surface area contributed by atoms with E-state index < -0.39 is 0 Å². The van der Waals surface area contributed by atoms with Crippen LogP contribution in [0.5, 0.6) is 0 Å². The van der Waals surface area contributed by atoms with Gasteiger partial charge >= 0.3 is 0 Å². The van der Waals surface area contributed by atoms with E-state index in [2.05, 4.69) is 48.2 Å². The number of allylic oxidation sites excluding steroid dienone is 1. The number of rotatable bonds is 4. The fraction of sp³-hybridized carbons (Fsp3) is 0.190. The van der Waals surface area contributed by atoms with Gasteiger partial charge in [0, 0.05) is 5.56 Å². The van der Waals surface area contributed by atoms with E-state index >= 15 is 0 Å². The number of halogens is 1. The number of nitrogens with one attached hydrogen (secondary N) is 1. The Bertz CT molecular complexity index is 1020. The molecule has 0 atom stereocenters. The van der Waals surface area contributed by atoms with E-state index in [0.717, 1.165) is 11.1 Å². The molecule has 0 spiro atoms. The lowest BCUT2D eigenvalue weighted by molar-refractivity contribution is 0.590. The Hall–Kier alpha value is -2.50. The smallest absolute Gasteiger partial charge is 0.216 e. The van der Waals surface area contributed by atoms with E-state index in [1.165, 1.54) is 5.56 Å². The second-order valence-electron chi connectivity index (χ2n) is 7.18. The van der Waals surface area contributed by atoms with Gasteiger partial charge < -0.3 is 0 Å². The molecule has 0 aliphatic heterocycles. The van der Waals surface area contributed by atoms with E-state index in [1.54, 1.807) is 10.9 Å². The maximum Gasteiger partial charge on any atom is 0.216 e. The van der Waals surface area contributed by atoms with Crippen molar-refractivity contribution in [2.24, 2.45) is 5.10 Å². The Balaban J connectivity index is 1.89. The topological polar surface area (TPSA) is 46.0 Å². The van der Waals surface area contributed by atoms with Crippen molar-refractivity contribution in [2.45, 2.75) is 26.2 Å². The monoisotopic (exact) mass is 396 g/mol. The van der Waals surface area contributed by atoms with Gasteiger partial charge in [-0.15, -0.1) is 0 Å². The third-order valence-corrected chi connectivity index (χ3v) is 4.53. The highest BCUT2D eigenvalue weighted by Crippen LogP contribution is 2.25. The molecule has 1 heterocycles. The Kier molecular flexibility index (Phi) is 5.73. The molecule has 1 N–H and O–H groups in total. The molecule has 3 aromatic rings. The predicted molar refractivity (Wildman–Crippen MR) is 116 cm³/mol. The number of H-pyrrole nitrogens is 1. The molecule has 4 nitrogen and oxygen atoms in total. The summed E-state index contributed by atoms with van der Waals surface area (Å²) in [5, 5.41) is 12.0. The normalized spacial score (nSPS) is 12.7. The molecular formula is C21H21ClN4S. The second kappa shape index (κ2) is 8.03. The fourth-order valence-corrected chi connectivity index (χ4v) is 2.91. The van der Waals surface area contributed by atoms with Crippen LogP contribution in [0, 0.1) is 4.77 Å². The molecule has 0 saturated carbocycles. The molecule has 138 valence electrons. The van der Waals surface area contributed by atoms with Gasteiger partial charge in [0.15, 0.2) is 5.82 Å². The van der Waals surface area contributed by atoms with Crippen LogP contribution in [0.4, 0.5) is 0 Å². The largest absolute Gasteiger partial charge is 0.250 e. The lowest BCUT2D eigenvalue weighted by atomic mass is 9.87. The van der Waals surface area contributed by atoms with Crippen LogP contribution >= 0.6 is 23.8 Å². The summed E-state index contributed by atoms with van der Waals surface area (Å²) in [5.74, 6) is 0.640. The van der Waals surface area contributed by atoms with Crippen LogP contribution in [0.25, 0.3) is 17.5 Å². The van der Waals surface area contributed by atoms with Gasteiger partial charge in [0.25, 0.3) is 0 Å². The maximum atomic E-state index is 6.29. The molecule has 2 aromatic carbocycles. The zero-order valence-corrected chi connectivity index (χ0v) is 17.1. The van der Waals surface area contributed by atoms with E-state index in [0.29, 0.717) is 15.6 Å². The Morgan fingerprint density at radius 3 is 2.41 bits per heavy atom. The molecule has 0 aliphatic rings. The third kappa shape index (κ3) is 4.81. The van der Waals surface area contributed by atoms with Gasteiger partial charge in [-0.25, -0.2) is 5.10 Å². The van der Waals surface area contributed by atoms with Gasteiger partial charge in [-0.1, -0.05) is 87.0 Å². The zero-order valence-electron chi connectivity index (χ0n) is 15.5. The number of aromatic amines is 1. The molecule has 0 aliphatic carbocycles. The zero-order chi connectivity index (χ0) is 19.4. The molecule has 0 bridgehead atoms. The van der Waals surface area contributed by atoms with Crippen molar-refractivity contribution in [1.29, 1.82) is 0 Å². The highest BCUT2D eigenvalue weighted by atomic mass is 35.5. The summed E-state index contributed by atoms with van der Waals surface area (Å²) < 4.78 is 1.98. The summed E-state index contributed by atoms with van der Waals surface area (Å²) in [5.41, 5.74) is 3.28. The summed E-state index contributed by atoms with van der Waals surface area (Å²) in [6, 6.07) is 18.1. The number of aromatic nitrogens is 3. The van der Waals surface area contributed by atoms with Crippen LogP contribution in [0.15, 0.2) is 64.7 Å². The summed E-state index contributed by atoms with van der Waals surface area (Å²) in [6.45, 7) is 6.55. The van der Waals surface area contributed by atoms with Crippen molar-refractivity contribution in [3.63, 3.8) is 0 Å². The average Bonchev–Trinajstić information content (AvgIpc) is 3.01. The molecule has 27 heavy (non-hydrogen) atoms. The molecule has 0 unspecified atom stereocenters. The lowest BCUT2D eigenvalue weighted by Crippen LogP contribution is -2.10. The van der Waals surface area contributed by atoms with Crippen LogP contribution in [-0.2, 0) is 5.41 Å². The van der Waals surface area contributed by atoms with Crippen molar-refractivity contribution in [3.05, 3.63) is 75.5 Å². The quantitative estimate of drug-likeness (QED) is 0.433. The first-order valence-corrected chi connectivity index (χ1v) is 9.38. The number of benzene rings is 2. The van der Waals surface area contributed by atoms with Crippen LogP contribution in [-0.4, -0.2) is 21.1 Å². The van der Waals surface area contributed by atoms with Gasteiger partial charge in [-0.3, -0.25) is 0 Å². The van der Waals surface area contributed by atoms with Crippen molar-refractivity contribution in [2.75, 3.05) is 0 Å². The number of hydrogen-bond acceptors (Lipinski definition) is 3. The van der Waals surface area contributed by atoms with Crippen LogP contribution in [0.3, 0.4) is 0 Å². The van der Waals surface area contributed by atoms with Crippen molar-refractivity contribution >= 4 is 36.1 Å². The van der Waals surface area contributed by atoms with E-state index in [-0.39, 0.29) is 5.41 Å². The van der Waals surface area contributed by atoms with Crippen molar-refractivity contribution < 1.29 is 0 Å². The minimum atomic E-state index is 0.0944. The first-order valence-electron chi connectivity index (χ1n) is 8.59. The minimum Gasteiger partial charge on any atom is -0.250 e. The van der Waals surface area contributed by atoms with Crippen molar-refractivity contribution in [1.82, 2.24) is 14.9 Å². The lowest BCUT2D eigenvalue weighted by Gasteiger charge is -2.18. The van der Waals surface area contributed by atoms with E-state index in [1.807, 2.05) is 48.5 Å². The summed E-state index contributed by atoms with van der Waals surface area (Å²) >= 11 is 11.6. The maximum absolute atomic E-state index is 6.29. The summed E-state index contributed by atoms with van der Waals surface area (Å²) in [7, 11) is 0. The molecule has 0 saturated heterocycles. The summed E-state index contributed by atoms with van der Waals surface area (Å²) in [4.78, 5) is 0. The third-order valence-electron chi connectivity index (χ3n) is 4.06. The van der Waals surface area contributed by atoms with Crippen LogP contribution in [0.1, 0.15) is 31.9 Å². The Morgan fingerprint density at radius 2 is 1.78 bits per heavy atom. The van der Waals surface area contributed by atoms with Gasteiger partial charge in [0.1, 0.15) is 0 Å². The molecule has 0 radical (unpaired) electrons.